The maximum atomic E-state index is 12.6. The zero-order valence-corrected chi connectivity index (χ0v) is 12.0. The van der Waals surface area contributed by atoms with Crippen LogP contribution in [0.15, 0.2) is 53.5 Å². The van der Waals surface area contributed by atoms with Gasteiger partial charge in [-0.25, -0.2) is 4.99 Å². The summed E-state index contributed by atoms with van der Waals surface area (Å²) in [5.41, 5.74) is 7.35. The van der Waals surface area contributed by atoms with Gasteiger partial charge in [-0.2, -0.15) is 13.2 Å². The molecular formula is C16H16F3N3. The Labute approximate surface area is 126 Å². The van der Waals surface area contributed by atoms with E-state index in [9.17, 15) is 13.2 Å². The van der Waals surface area contributed by atoms with Gasteiger partial charge in [0, 0.05) is 5.69 Å². The molecule has 0 aliphatic rings. The Morgan fingerprint density at radius 3 is 2.55 bits per heavy atom. The first kappa shape index (κ1) is 15.9. The maximum absolute atomic E-state index is 12.6. The molecule has 0 atom stereocenters. The van der Waals surface area contributed by atoms with E-state index in [1.807, 2.05) is 31.2 Å². The molecule has 116 valence electrons. The molecule has 3 nitrogen and oxygen atoms in total. The average molecular weight is 307 g/mol. The van der Waals surface area contributed by atoms with Crippen LogP contribution in [0.5, 0.6) is 0 Å². The minimum absolute atomic E-state index is 0.0779. The highest BCUT2D eigenvalue weighted by molar-refractivity contribution is 5.92. The second-order valence-corrected chi connectivity index (χ2v) is 4.89. The number of hydrogen-bond donors (Lipinski definition) is 2. The minimum atomic E-state index is -4.36. The van der Waals surface area contributed by atoms with Crippen molar-refractivity contribution < 1.29 is 13.2 Å². The number of rotatable bonds is 3. The van der Waals surface area contributed by atoms with Crippen molar-refractivity contribution in [3.05, 3.63) is 65.2 Å². The fourth-order valence-corrected chi connectivity index (χ4v) is 1.93. The molecule has 2 aromatic carbocycles. The van der Waals surface area contributed by atoms with Crippen LogP contribution in [0.25, 0.3) is 0 Å². The highest BCUT2D eigenvalue weighted by atomic mass is 19.4. The van der Waals surface area contributed by atoms with Crippen molar-refractivity contribution in [3.63, 3.8) is 0 Å². The van der Waals surface area contributed by atoms with Gasteiger partial charge in [0.1, 0.15) is 0 Å². The van der Waals surface area contributed by atoms with Gasteiger partial charge in [-0.1, -0.05) is 24.3 Å². The van der Waals surface area contributed by atoms with E-state index in [1.165, 1.54) is 6.07 Å². The van der Waals surface area contributed by atoms with E-state index in [0.29, 0.717) is 5.56 Å². The normalized spacial score (nSPS) is 12.3. The number of aryl methyl sites for hydroxylation is 1. The monoisotopic (exact) mass is 307 g/mol. The zero-order valence-electron chi connectivity index (χ0n) is 12.0. The SMILES string of the molecule is Cc1cccc(NC(N)=NCc2cccc(C(F)(F)F)c2)c1. The molecule has 0 radical (unpaired) electrons. The Hall–Kier alpha value is -2.50. The number of nitrogens with one attached hydrogen (secondary N) is 1. The summed E-state index contributed by atoms with van der Waals surface area (Å²) in [7, 11) is 0. The van der Waals surface area contributed by atoms with E-state index in [2.05, 4.69) is 10.3 Å². The average Bonchev–Trinajstić information content (AvgIpc) is 2.45. The van der Waals surface area contributed by atoms with Crippen LogP contribution in [0, 0.1) is 6.92 Å². The first-order chi connectivity index (χ1) is 10.3. The molecular weight excluding hydrogens is 291 g/mol. The van der Waals surface area contributed by atoms with Crippen LogP contribution >= 0.6 is 0 Å². The molecule has 0 aliphatic carbocycles. The molecule has 2 aromatic rings. The predicted molar refractivity (Wildman–Crippen MR) is 81.6 cm³/mol. The van der Waals surface area contributed by atoms with Crippen LogP contribution in [0.4, 0.5) is 18.9 Å². The largest absolute Gasteiger partial charge is 0.416 e. The number of anilines is 1. The Balaban J connectivity index is 2.05. The number of nitrogens with two attached hydrogens (primary N) is 1. The number of alkyl halides is 3. The van der Waals surface area contributed by atoms with Gasteiger partial charge in [0.15, 0.2) is 5.96 Å². The summed E-state index contributed by atoms with van der Waals surface area (Å²) in [6.45, 7) is 2.02. The van der Waals surface area contributed by atoms with Gasteiger partial charge < -0.3 is 11.1 Å². The van der Waals surface area contributed by atoms with E-state index in [4.69, 9.17) is 5.73 Å². The minimum Gasteiger partial charge on any atom is -0.370 e. The molecule has 0 fully saturated rings. The molecule has 3 N–H and O–H groups in total. The fourth-order valence-electron chi connectivity index (χ4n) is 1.93. The third-order valence-corrected chi connectivity index (χ3v) is 2.98. The number of halogens is 3. The van der Waals surface area contributed by atoms with E-state index < -0.39 is 11.7 Å². The molecule has 6 heteroatoms. The van der Waals surface area contributed by atoms with Crippen LogP contribution in [-0.2, 0) is 12.7 Å². The van der Waals surface area contributed by atoms with E-state index >= 15 is 0 Å². The third-order valence-electron chi connectivity index (χ3n) is 2.98. The molecule has 0 bridgehead atoms. The van der Waals surface area contributed by atoms with Crippen LogP contribution in [-0.4, -0.2) is 5.96 Å². The smallest absolute Gasteiger partial charge is 0.370 e. The summed E-state index contributed by atoms with van der Waals surface area (Å²) >= 11 is 0. The lowest BCUT2D eigenvalue weighted by molar-refractivity contribution is -0.137. The second kappa shape index (κ2) is 6.51. The third kappa shape index (κ3) is 4.51. The summed E-state index contributed by atoms with van der Waals surface area (Å²) in [6, 6.07) is 12.6. The lowest BCUT2D eigenvalue weighted by Gasteiger charge is -2.08. The van der Waals surface area contributed by atoms with Gasteiger partial charge in [0.2, 0.25) is 0 Å². The van der Waals surface area contributed by atoms with E-state index in [-0.39, 0.29) is 12.5 Å². The van der Waals surface area contributed by atoms with Gasteiger partial charge in [-0.3, -0.25) is 0 Å². The molecule has 0 amide bonds. The molecule has 0 saturated carbocycles. The zero-order chi connectivity index (χ0) is 16.2. The highest BCUT2D eigenvalue weighted by Gasteiger charge is 2.30. The lowest BCUT2D eigenvalue weighted by Crippen LogP contribution is -2.22. The standard InChI is InChI=1S/C16H16F3N3/c1-11-4-2-7-14(8-11)22-15(20)21-10-12-5-3-6-13(9-12)16(17,18)19/h2-9H,10H2,1H3,(H3,20,21,22). The molecule has 0 unspecified atom stereocenters. The van der Waals surface area contributed by atoms with Gasteiger partial charge in [0.25, 0.3) is 0 Å². The van der Waals surface area contributed by atoms with E-state index in [0.717, 1.165) is 23.4 Å². The maximum Gasteiger partial charge on any atom is 0.416 e. The molecule has 0 saturated heterocycles. The van der Waals surface area contributed by atoms with Crippen molar-refractivity contribution in [2.24, 2.45) is 10.7 Å². The summed E-state index contributed by atoms with van der Waals surface area (Å²) in [6.07, 6.45) is -4.36. The van der Waals surface area contributed by atoms with Gasteiger partial charge in [0.05, 0.1) is 12.1 Å². The van der Waals surface area contributed by atoms with Crippen LogP contribution in [0.1, 0.15) is 16.7 Å². The highest BCUT2D eigenvalue weighted by Crippen LogP contribution is 2.29. The number of benzene rings is 2. The Bertz CT molecular complexity index is 678. The number of nitrogens with zero attached hydrogens (tertiary/aromatic N) is 1. The molecule has 0 heterocycles. The topological polar surface area (TPSA) is 50.4 Å². The fraction of sp³-hybridized carbons (Fsp3) is 0.188. The lowest BCUT2D eigenvalue weighted by atomic mass is 10.1. The van der Waals surface area contributed by atoms with Gasteiger partial charge in [-0.15, -0.1) is 0 Å². The summed E-state index contributed by atoms with van der Waals surface area (Å²) in [5.74, 6) is 0.156. The first-order valence-electron chi connectivity index (χ1n) is 6.64. The van der Waals surface area contributed by atoms with Crippen molar-refractivity contribution >= 4 is 11.6 Å². The summed E-state index contributed by atoms with van der Waals surface area (Å²) in [4.78, 5) is 4.06. The van der Waals surface area contributed by atoms with Crippen LogP contribution in [0.3, 0.4) is 0 Å². The number of aliphatic imine (C=N–C) groups is 1. The van der Waals surface area contributed by atoms with Gasteiger partial charge in [-0.05, 0) is 42.3 Å². The van der Waals surface area contributed by atoms with Crippen LogP contribution < -0.4 is 11.1 Å². The van der Waals surface area contributed by atoms with Crippen molar-refractivity contribution in [1.29, 1.82) is 0 Å². The quantitative estimate of drug-likeness (QED) is 0.666. The summed E-state index contributed by atoms with van der Waals surface area (Å²) in [5, 5.41) is 2.90. The molecule has 0 spiro atoms. The number of guanidine groups is 1. The van der Waals surface area contributed by atoms with Gasteiger partial charge >= 0.3 is 6.18 Å². The van der Waals surface area contributed by atoms with Crippen molar-refractivity contribution in [1.82, 2.24) is 0 Å². The van der Waals surface area contributed by atoms with Crippen molar-refractivity contribution in [2.45, 2.75) is 19.6 Å². The Morgan fingerprint density at radius 2 is 1.86 bits per heavy atom. The second-order valence-electron chi connectivity index (χ2n) is 4.89. The Kier molecular flexibility index (Phi) is 4.70. The molecule has 22 heavy (non-hydrogen) atoms. The Morgan fingerprint density at radius 1 is 1.14 bits per heavy atom. The van der Waals surface area contributed by atoms with E-state index in [1.54, 1.807) is 6.07 Å². The van der Waals surface area contributed by atoms with Crippen LogP contribution in [0.2, 0.25) is 0 Å². The first-order valence-corrected chi connectivity index (χ1v) is 6.64. The predicted octanol–water partition coefficient (Wildman–Crippen LogP) is 3.94. The van der Waals surface area contributed by atoms with Crippen molar-refractivity contribution in [2.75, 3.05) is 5.32 Å². The molecule has 0 aliphatic heterocycles. The summed E-state index contributed by atoms with van der Waals surface area (Å²) < 4.78 is 37.9. The molecule has 2 rings (SSSR count). The number of hydrogen-bond acceptors (Lipinski definition) is 1. The molecule has 0 aromatic heterocycles. The van der Waals surface area contributed by atoms with Crippen molar-refractivity contribution in [3.8, 4) is 0 Å².